The maximum Gasteiger partial charge on any atom is 0.328 e. The Hall–Kier alpha value is -1.67. The topological polar surface area (TPSA) is 112 Å². The molecule has 7 nitrogen and oxygen atoms in total. The first-order chi connectivity index (χ1) is 8.93. The molecule has 106 valence electrons. The van der Waals surface area contributed by atoms with Crippen LogP contribution < -0.4 is 10.6 Å². The minimum atomic E-state index is -1.33. The van der Waals surface area contributed by atoms with Gasteiger partial charge in [0.25, 0.3) is 0 Å². The number of nitrogens with zero attached hydrogens (tertiary/aromatic N) is 1. The zero-order chi connectivity index (χ0) is 14.4. The Labute approximate surface area is 114 Å². The van der Waals surface area contributed by atoms with E-state index in [1.54, 1.807) is 6.20 Å². The molecule has 19 heavy (non-hydrogen) atoms. The molecule has 0 bridgehead atoms. The van der Waals surface area contributed by atoms with E-state index in [0.29, 0.717) is 0 Å². The number of aryl methyl sites for hydroxylation is 1. The fraction of sp³-hybridized carbons (Fsp3) is 0.545. The fourth-order valence-corrected chi connectivity index (χ4v) is 2.13. The van der Waals surface area contributed by atoms with Crippen LogP contribution in [0.15, 0.2) is 6.20 Å². The van der Waals surface area contributed by atoms with Crippen molar-refractivity contribution in [3.8, 4) is 0 Å². The van der Waals surface area contributed by atoms with Crippen LogP contribution in [0.1, 0.15) is 23.7 Å². The molecule has 2 amide bonds. The molecule has 0 fully saturated rings. The lowest BCUT2D eigenvalue weighted by Crippen LogP contribution is -2.50. The molecule has 0 radical (unpaired) electrons. The van der Waals surface area contributed by atoms with Crippen molar-refractivity contribution in [1.82, 2.24) is 15.6 Å². The quantitative estimate of drug-likeness (QED) is 0.603. The molecule has 0 saturated carbocycles. The highest BCUT2D eigenvalue weighted by atomic mass is 32.1. The summed E-state index contributed by atoms with van der Waals surface area (Å²) in [6.45, 7) is 3.54. The van der Waals surface area contributed by atoms with Gasteiger partial charge in [0.1, 0.15) is 5.01 Å². The number of hydrogen-bond donors (Lipinski definition) is 4. The second kappa shape index (κ2) is 7.05. The molecule has 1 heterocycles. The van der Waals surface area contributed by atoms with Gasteiger partial charge in [0.05, 0.1) is 12.6 Å². The SMILES string of the molecule is CCc1cnc(CNC(=O)N[C@H](C(=O)O)[C@@H](C)O)s1. The van der Waals surface area contributed by atoms with E-state index < -0.39 is 24.1 Å². The highest BCUT2D eigenvalue weighted by Crippen LogP contribution is 2.12. The third kappa shape index (κ3) is 4.84. The van der Waals surface area contributed by atoms with Crippen molar-refractivity contribution in [2.75, 3.05) is 0 Å². The van der Waals surface area contributed by atoms with Crippen molar-refractivity contribution in [1.29, 1.82) is 0 Å². The Balaban J connectivity index is 2.44. The summed E-state index contributed by atoms with van der Waals surface area (Å²) in [6, 6.07) is -1.98. The first-order valence-electron chi connectivity index (χ1n) is 5.82. The number of thiazole rings is 1. The molecule has 0 aliphatic heterocycles. The summed E-state index contributed by atoms with van der Waals surface area (Å²) in [6.07, 6.45) is 1.46. The molecule has 0 aliphatic carbocycles. The van der Waals surface area contributed by atoms with Crippen molar-refractivity contribution in [3.05, 3.63) is 16.1 Å². The molecule has 0 spiro atoms. The number of hydrogen-bond acceptors (Lipinski definition) is 5. The van der Waals surface area contributed by atoms with Crippen molar-refractivity contribution >= 4 is 23.3 Å². The molecule has 8 heteroatoms. The summed E-state index contributed by atoms with van der Waals surface area (Å²) in [5.41, 5.74) is 0. The summed E-state index contributed by atoms with van der Waals surface area (Å²) in [7, 11) is 0. The number of aliphatic hydroxyl groups is 1. The fourth-order valence-electron chi connectivity index (χ4n) is 1.33. The van der Waals surface area contributed by atoms with E-state index in [0.717, 1.165) is 16.3 Å². The molecular weight excluding hydrogens is 270 g/mol. The number of carboxylic acids is 1. The molecular formula is C11H17N3O4S. The number of nitrogens with one attached hydrogen (secondary N) is 2. The molecule has 1 aromatic heterocycles. The Kier molecular flexibility index (Phi) is 5.71. The predicted octanol–water partition coefficient (Wildman–Crippen LogP) is 0.339. The van der Waals surface area contributed by atoms with Gasteiger partial charge in [0.15, 0.2) is 6.04 Å². The normalized spacial score (nSPS) is 13.6. The number of amides is 2. The van der Waals surface area contributed by atoms with Gasteiger partial charge in [-0.05, 0) is 13.3 Å². The summed E-state index contributed by atoms with van der Waals surface area (Å²) in [5.74, 6) is -1.28. The Morgan fingerprint density at radius 1 is 1.53 bits per heavy atom. The zero-order valence-electron chi connectivity index (χ0n) is 10.7. The number of aromatic nitrogens is 1. The number of aliphatic carboxylic acids is 1. The van der Waals surface area contributed by atoms with Gasteiger partial charge in [0, 0.05) is 11.1 Å². The number of carbonyl (C=O) groups excluding carboxylic acids is 1. The average molecular weight is 287 g/mol. The van der Waals surface area contributed by atoms with Crippen molar-refractivity contribution < 1.29 is 19.8 Å². The van der Waals surface area contributed by atoms with Gasteiger partial charge in [-0.15, -0.1) is 11.3 Å². The Bertz CT molecular complexity index is 447. The van der Waals surface area contributed by atoms with Crippen LogP contribution in [0, 0.1) is 0 Å². The van der Waals surface area contributed by atoms with E-state index in [2.05, 4.69) is 15.6 Å². The van der Waals surface area contributed by atoms with Crippen molar-refractivity contribution in [3.63, 3.8) is 0 Å². The van der Waals surface area contributed by atoms with Crippen LogP contribution in [0.2, 0.25) is 0 Å². The minimum Gasteiger partial charge on any atom is -0.480 e. The third-order valence-corrected chi connectivity index (χ3v) is 3.53. The number of aliphatic hydroxyl groups excluding tert-OH is 1. The van der Waals surface area contributed by atoms with Crippen LogP contribution in [-0.2, 0) is 17.8 Å². The summed E-state index contributed by atoms with van der Waals surface area (Å²) in [5, 5.41) is 23.4. The number of carbonyl (C=O) groups is 2. The zero-order valence-corrected chi connectivity index (χ0v) is 11.5. The monoisotopic (exact) mass is 287 g/mol. The minimum absolute atomic E-state index is 0.225. The van der Waals surface area contributed by atoms with Gasteiger partial charge in [-0.2, -0.15) is 0 Å². The van der Waals surface area contributed by atoms with E-state index in [-0.39, 0.29) is 6.54 Å². The van der Waals surface area contributed by atoms with Gasteiger partial charge in [-0.3, -0.25) is 0 Å². The summed E-state index contributed by atoms with van der Waals surface area (Å²) >= 11 is 1.49. The molecule has 0 aromatic carbocycles. The van der Waals surface area contributed by atoms with Crippen LogP contribution >= 0.6 is 11.3 Å². The van der Waals surface area contributed by atoms with Crippen molar-refractivity contribution in [2.24, 2.45) is 0 Å². The van der Waals surface area contributed by atoms with E-state index in [9.17, 15) is 14.7 Å². The Morgan fingerprint density at radius 2 is 2.21 bits per heavy atom. The van der Waals surface area contributed by atoms with Gasteiger partial charge in [0.2, 0.25) is 0 Å². The average Bonchev–Trinajstić information content (AvgIpc) is 2.80. The van der Waals surface area contributed by atoms with Crippen LogP contribution in [0.5, 0.6) is 0 Å². The smallest absolute Gasteiger partial charge is 0.328 e. The lowest BCUT2D eigenvalue weighted by atomic mass is 10.2. The number of urea groups is 1. The van der Waals surface area contributed by atoms with Crippen molar-refractivity contribution in [2.45, 2.75) is 39.0 Å². The van der Waals surface area contributed by atoms with E-state index in [1.807, 2.05) is 6.92 Å². The molecule has 4 N–H and O–H groups in total. The molecule has 0 aliphatic rings. The molecule has 1 aromatic rings. The molecule has 1 rings (SSSR count). The van der Waals surface area contributed by atoms with Gasteiger partial charge < -0.3 is 20.8 Å². The first-order valence-corrected chi connectivity index (χ1v) is 6.64. The highest BCUT2D eigenvalue weighted by Gasteiger charge is 2.24. The lowest BCUT2D eigenvalue weighted by molar-refractivity contribution is -0.141. The second-order valence-electron chi connectivity index (χ2n) is 3.96. The Morgan fingerprint density at radius 3 is 2.68 bits per heavy atom. The molecule has 0 saturated heterocycles. The summed E-state index contributed by atoms with van der Waals surface area (Å²) in [4.78, 5) is 27.5. The van der Waals surface area contributed by atoms with E-state index in [1.165, 1.54) is 18.3 Å². The maximum absolute atomic E-state index is 11.5. The van der Waals surface area contributed by atoms with Crippen LogP contribution in [-0.4, -0.2) is 39.3 Å². The number of rotatable bonds is 6. The van der Waals surface area contributed by atoms with E-state index >= 15 is 0 Å². The number of carboxylic acid groups (broad SMARTS) is 1. The van der Waals surface area contributed by atoms with Crippen LogP contribution in [0.3, 0.4) is 0 Å². The maximum atomic E-state index is 11.5. The highest BCUT2D eigenvalue weighted by molar-refractivity contribution is 7.11. The van der Waals surface area contributed by atoms with Gasteiger partial charge >= 0.3 is 12.0 Å². The second-order valence-corrected chi connectivity index (χ2v) is 5.16. The standard InChI is InChI=1S/C11H17N3O4S/c1-3-7-4-12-8(19-7)5-13-11(18)14-9(6(2)15)10(16)17/h4,6,9,15H,3,5H2,1-2H3,(H,16,17)(H2,13,14,18)/t6-,9+/m1/s1. The van der Waals surface area contributed by atoms with Gasteiger partial charge in [-0.25, -0.2) is 14.6 Å². The van der Waals surface area contributed by atoms with Gasteiger partial charge in [-0.1, -0.05) is 6.92 Å². The van der Waals surface area contributed by atoms with E-state index in [4.69, 9.17) is 5.11 Å². The van der Waals surface area contributed by atoms with Crippen LogP contribution in [0.4, 0.5) is 4.79 Å². The predicted molar refractivity (Wildman–Crippen MR) is 70.0 cm³/mol. The third-order valence-electron chi connectivity index (χ3n) is 2.39. The first kappa shape index (κ1) is 15.4. The summed E-state index contributed by atoms with van der Waals surface area (Å²) < 4.78 is 0. The molecule has 0 unspecified atom stereocenters. The molecule has 2 atom stereocenters. The van der Waals surface area contributed by atoms with Crippen LogP contribution in [0.25, 0.3) is 0 Å². The lowest BCUT2D eigenvalue weighted by Gasteiger charge is -2.17. The largest absolute Gasteiger partial charge is 0.480 e.